The first-order chi connectivity index (χ1) is 5.24. The summed E-state index contributed by atoms with van der Waals surface area (Å²) in [6.07, 6.45) is 0.829. The molecule has 0 unspecified atom stereocenters. The molecule has 1 aromatic carbocycles. The van der Waals surface area contributed by atoms with Crippen LogP contribution in [-0.2, 0) is 6.42 Å². The number of rotatable bonds is 2. The van der Waals surface area contributed by atoms with Crippen LogP contribution in [-0.4, -0.2) is 10.9 Å². The Morgan fingerprint density at radius 1 is 1.45 bits per heavy atom. The van der Waals surface area contributed by atoms with Crippen molar-refractivity contribution in [1.29, 1.82) is 0 Å². The SMILES string of the molecule is Cc1ccc(CCS)c(O)c1. The summed E-state index contributed by atoms with van der Waals surface area (Å²) in [5, 5.41) is 9.39. The van der Waals surface area contributed by atoms with Crippen molar-refractivity contribution < 1.29 is 5.11 Å². The highest BCUT2D eigenvalue weighted by Gasteiger charge is 1.98. The number of thiol groups is 1. The van der Waals surface area contributed by atoms with Gasteiger partial charge in [-0.2, -0.15) is 12.6 Å². The monoisotopic (exact) mass is 168 g/mol. The highest BCUT2D eigenvalue weighted by Crippen LogP contribution is 2.18. The Morgan fingerprint density at radius 3 is 2.73 bits per heavy atom. The van der Waals surface area contributed by atoms with Crippen LogP contribution in [0.15, 0.2) is 18.2 Å². The van der Waals surface area contributed by atoms with Gasteiger partial charge in [0.1, 0.15) is 5.75 Å². The quantitative estimate of drug-likeness (QED) is 0.648. The molecule has 0 fully saturated rings. The largest absolute Gasteiger partial charge is 0.508 e. The fraction of sp³-hybridized carbons (Fsp3) is 0.333. The Bertz CT molecular complexity index is 245. The number of aromatic hydroxyl groups is 1. The molecule has 0 saturated heterocycles. The van der Waals surface area contributed by atoms with Crippen molar-refractivity contribution in [2.24, 2.45) is 0 Å². The van der Waals surface area contributed by atoms with E-state index in [0.29, 0.717) is 5.75 Å². The van der Waals surface area contributed by atoms with Gasteiger partial charge >= 0.3 is 0 Å². The maximum absolute atomic E-state index is 9.39. The molecule has 60 valence electrons. The van der Waals surface area contributed by atoms with Crippen molar-refractivity contribution in [2.75, 3.05) is 5.75 Å². The third kappa shape index (κ3) is 2.15. The Hall–Kier alpha value is -0.630. The van der Waals surface area contributed by atoms with Gasteiger partial charge in [-0.1, -0.05) is 12.1 Å². The lowest BCUT2D eigenvalue weighted by Gasteiger charge is -2.02. The second-order valence-electron chi connectivity index (χ2n) is 2.61. The topological polar surface area (TPSA) is 20.2 Å². The van der Waals surface area contributed by atoms with Gasteiger partial charge in [0.25, 0.3) is 0 Å². The molecule has 11 heavy (non-hydrogen) atoms. The molecule has 0 atom stereocenters. The summed E-state index contributed by atoms with van der Waals surface area (Å²) in [7, 11) is 0. The van der Waals surface area contributed by atoms with Gasteiger partial charge < -0.3 is 5.11 Å². The molecule has 0 aromatic heterocycles. The first-order valence-corrected chi connectivity index (χ1v) is 4.26. The van der Waals surface area contributed by atoms with E-state index in [2.05, 4.69) is 12.6 Å². The zero-order valence-corrected chi connectivity index (χ0v) is 7.44. The Morgan fingerprint density at radius 2 is 2.18 bits per heavy atom. The number of phenolic OH excluding ortho intramolecular Hbond substituents is 1. The smallest absolute Gasteiger partial charge is 0.119 e. The fourth-order valence-corrected chi connectivity index (χ4v) is 1.25. The predicted molar refractivity (Wildman–Crippen MR) is 50.4 cm³/mol. The number of benzene rings is 1. The molecule has 0 spiro atoms. The molecule has 2 heteroatoms. The molecule has 0 saturated carbocycles. The molecule has 0 heterocycles. The summed E-state index contributed by atoms with van der Waals surface area (Å²) < 4.78 is 0. The van der Waals surface area contributed by atoms with E-state index in [0.717, 1.165) is 23.3 Å². The predicted octanol–water partition coefficient (Wildman–Crippen LogP) is 2.17. The van der Waals surface area contributed by atoms with Crippen LogP contribution in [0.5, 0.6) is 5.75 Å². The van der Waals surface area contributed by atoms with Gasteiger partial charge in [-0.25, -0.2) is 0 Å². The summed E-state index contributed by atoms with van der Waals surface area (Å²) in [4.78, 5) is 0. The van der Waals surface area contributed by atoms with E-state index in [1.807, 2.05) is 19.1 Å². The van der Waals surface area contributed by atoms with Crippen molar-refractivity contribution >= 4 is 12.6 Å². The molecule has 0 amide bonds. The van der Waals surface area contributed by atoms with Crippen LogP contribution in [0.25, 0.3) is 0 Å². The van der Waals surface area contributed by atoms with Crippen molar-refractivity contribution in [2.45, 2.75) is 13.3 Å². The van der Waals surface area contributed by atoms with Crippen LogP contribution >= 0.6 is 12.6 Å². The Labute approximate surface area is 72.5 Å². The van der Waals surface area contributed by atoms with E-state index in [1.54, 1.807) is 6.07 Å². The summed E-state index contributed by atoms with van der Waals surface area (Å²) in [6.45, 7) is 1.96. The summed E-state index contributed by atoms with van der Waals surface area (Å²) in [5.41, 5.74) is 2.07. The molecule has 1 rings (SSSR count). The lowest BCUT2D eigenvalue weighted by molar-refractivity contribution is 0.468. The maximum atomic E-state index is 9.39. The average molecular weight is 168 g/mol. The zero-order valence-electron chi connectivity index (χ0n) is 6.54. The molecule has 0 aliphatic carbocycles. The van der Waals surface area contributed by atoms with Crippen molar-refractivity contribution in [3.8, 4) is 5.75 Å². The number of hydrogen-bond acceptors (Lipinski definition) is 2. The minimum Gasteiger partial charge on any atom is -0.508 e. The van der Waals surface area contributed by atoms with Crippen LogP contribution < -0.4 is 0 Å². The third-order valence-corrected chi connectivity index (χ3v) is 1.85. The van der Waals surface area contributed by atoms with E-state index in [9.17, 15) is 5.11 Å². The fourth-order valence-electron chi connectivity index (χ4n) is 1.01. The minimum atomic E-state index is 0.388. The first kappa shape index (κ1) is 8.47. The maximum Gasteiger partial charge on any atom is 0.119 e. The second-order valence-corrected chi connectivity index (χ2v) is 3.05. The third-order valence-electron chi connectivity index (χ3n) is 1.62. The number of phenols is 1. The van der Waals surface area contributed by atoms with Crippen LogP contribution in [0.1, 0.15) is 11.1 Å². The molecule has 0 aliphatic heterocycles. The van der Waals surface area contributed by atoms with Crippen molar-refractivity contribution in [3.05, 3.63) is 29.3 Å². The van der Waals surface area contributed by atoms with Crippen LogP contribution in [0, 0.1) is 6.92 Å². The van der Waals surface area contributed by atoms with Gasteiger partial charge in [-0.15, -0.1) is 0 Å². The molecule has 1 aromatic rings. The van der Waals surface area contributed by atoms with Gasteiger partial charge in [0.2, 0.25) is 0 Å². The lowest BCUT2D eigenvalue weighted by atomic mass is 10.1. The molecule has 1 N–H and O–H groups in total. The second kappa shape index (κ2) is 3.67. The van der Waals surface area contributed by atoms with Gasteiger partial charge in [0.05, 0.1) is 0 Å². The molecular weight excluding hydrogens is 156 g/mol. The zero-order chi connectivity index (χ0) is 8.27. The summed E-state index contributed by atoms with van der Waals surface area (Å²) >= 11 is 4.09. The minimum absolute atomic E-state index is 0.388. The molecule has 1 nitrogen and oxygen atoms in total. The van der Waals surface area contributed by atoms with Crippen LogP contribution in [0.2, 0.25) is 0 Å². The van der Waals surface area contributed by atoms with Gasteiger partial charge in [0, 0.05) is 0 Å². The Kier molecular flexibility index (Phi) is 2.83. The van der Waals surface area contributed by atoms with E-state index < -0.39 is 0 Å². The molecule has 0 radical (unpaired) electrons. The van der Waals surface area contributed by atoms with Crippen molar-refractivity contribution in [1.82, 2.24) is 0 Å². The Balaban J connectivity index is 2.90. The number of hydrogen-bond donors (Lipinski definition) is 2. The van der Waals surface area contributed by atoms with Gasteiger partial charge in [-0.3, -0.25) is 0 Å². The first-order valence-electron chi connectivity index (χ1n) is 3.63. The molecule has 0 aliphatic rings. The van der Waals surface area contributed by atoms with E-state index in [4.69, 9.17) is 0 Å². The van der Waals surface area contributed by atoms with Crippen LogP contribution in [0.3, 0.4) is 0 Å². The standard InChI is InChI=1S/C9H12OS/c1-7-2-3-8(4-5-11)9(10)6-7/h2-3,6,10-11H,4-5H2,1H3. The van der Waals surface area contributed by atoms with Gasteiger partial charge in [0.15, 0.2) is 0 Å². The summed E-state index contributed by atoms with van der Waals surface area (Å²) in [6, 6.07) is 5.72. The van der Waals surface area contributed by atoms with E-state index in [-0.39, 0.29) is 0 Å². The summed E-state index contributed by atoms with van der Waals surface area (Å²) in [5.74, 6) is 1.16. The lowest BCUT2D eigenvalue weighted by Crippen LogP contribution is -1.87. The molecule has 0 bridgehead atoms. The van der Waals surface area contributed by atoms with E-state index in [1.165, 1.54) is 0 Å². The highest BCUT2D eigenvalue weighted by molar-refractivity contribution is 7.80. The average Bonchev–Trinajstić information content (AvgIpc) is 1.95. The molecular formula is C9H12OS. The number of aryl methyl sites for hydroxylation is 2. The van der Waals surface area contributed by atoms with E-state index >= 15 is 0 Å². The highest BCUT2D eigenvalue weighted by atomic mass is 32.1. The van der Waals surface area contributed by atoms with Gasteiger partial charge in [-0.05, 0) is 36.3 Å². The van der Waals surface area contributed by atoms with Crippen molar-refractivity contribution in [3.63, 3.8) is 0 Å². The normalized spacial score (nSPS) is 10.0. The van der Waals surface area contributed by atoms with Crippen LogP contribution in [0.4, 0.5) is 0 Å².